The molecule has 0 spiro atoms. The number of aromatic nitrogens is 1. The second kappa shape index (κ2) is 8.73. The zero-order chi connectivity index (χ0) is 15.7. The Morgan fingerprint density at radius 2 is 2.18 bits per heavy atom. The second-order valence-corrected chi connectivity index (χ2v) is 5.82. The van der Waals surface area contributed by atoms with Crippen LogP contribution in [0.4, 0.5) is 0 Å². The lowest BCUT2D eigenvalue weighted by Crippen LogP contribution is -2.40. The van der Waals surface area contributed by atoms with Gasteiger partial charge in [0.2, 0.25) is 0 Å². The Kier molecular flexibility index (Phi) is 6.65. The molecular weight excluding hydrogens is 276 g/mol. The van der Waals surface area contributed by atoms with Crippen molar-refractivity contribution < 1.29 is 4.74 Å². The van der Waals surface area contributed by atoms with Crippen LogP contribution in [0.15, 0.2) is 29.4 Å². The number of ether oxygens (including phenoxy) is 1. The summed E-state index contributed by atoms with van der Waals surface area (Å²) in [5.74, 6) is 0.871. The minimum absolute atomic E-state index is 0.413. The monoisotopic (exact) mass is 304 g/mol. The smallest absolute Gasteiger partial charge is 0.191 e. The van der Waals surface area contributed by atoms with Crippen LogP contribution in [0, 0.1) is 5.41 Å². The van der Waals surface area contributed by atoms with E-state index in [-0.39, 0.29) is 0 Å². The van der Waals surface area contributed by atoms with E-state index in [1.54, 1.807) is 6.20 Å². The zero-order valence-electron chi connectivity index (χ0n) is 13.8. The average molecular weight is 304 g/mol. The standard InChI is InChI=1S/C17H28N4O/c1-3-18-16(20-13-15-7-5-6-11-19-15)21-14-17(8-9-17)10-12-22-4-2/h5-7,11H,3-4,8-10,12-14H2,1-2H3,(H2,18,20,21). The largest absolute Gasteiger partial charge is 0.382 e. The van der Waals surface area contributed by atoms with Gasteiger partial charge in [-0.25, -0.2) is 4.99 Å². The molecule has 1 aliphatic rings. The van der Waals surface area contributed by atoms with Crippen molar-refractivity contribution >= 4 is 5.96 Å². The number of guanidine groups is 1. The summed E-state index contributed by atoms with van der Waals surface area (Å²) in [6.07, 6.45) is 5.51. The molecule has 0 radical (unpaired) electrons. The maximum Gasteiger partial charge on any atom is 0.191 e. The third-order valence-electron chi connectivity index (χ3n) is 4.04. The van der Waals surface area contributed by atoms with Crippen molar-refractivity contribution in [3.8, 4) is 0 Å². The number of pyridine rings is 1. The first-order valence-electron chi connectivity index (χ1n) is 8.28. The molecule has 0 atom stereocenters. The number of rotatable bonds is 9. The van der Waals surface area contributed by atoms with E-state index >= 15 is 0 Å². The van der Waals surface area contributed by atoms with Gasteiger partial charge >= 0.3 is 0 Å². The van der Waals surface area contributed by atoms with Crippen molar-refractivity contribution in [2.24, 2.45) is 10.4 Å². The number of hydrogen-bond donors (Lipinski definition) is 2. The van der Waals surface area contributed by atoms with E-state index in [2.05, 4.69) is 27.5 Å². The molecule has 1 fully saturated rings. The first-order chi connectivity index (χ1) is 10.8. The predicted molar refractivity (Wildman–Crippen MR) is 89.8 cm³/mol. The lowest BCUT2D eigenvalue weighted by Gasteiger charge is -2.18. The quantitative estimate of drug-likeness (QED) is 0.418. The Bertz CT molecular complexity index is 457. The summed E-state index contributed by atoms with van der Waals surface area (Å²) in [5.41, 5.74) is 1.40. The van der Waals surface area contributed by atoms with Gasteiger partial charge < -0.3 is 15.4 Å². The summed E-state index contributed by atoms with van der Waals surface area (Å²) >= 11 is 0. The van der Waals surface area contributed by atoms with E-state index in [1.807, 2.05) is 25.1 Å². The second-order valence-electron chi connectivity index (χ2n) is 5.82. The molecule has 0 aliphatic heterocycles. The Morgan fingerprint density at radius 3 is 2.82 bits per heavy atom. The Labute approximate surface area is 133 Å². The van der Waals surface area contributed by atoms with Crippen LogP contribution in [-0.2, 0) is 11.3 Å². The maximum absolute atomic E-state index is 5.49. The molecule has 1 aromatic rings. The fourth-order valence-corrected chi connectivity index (χ4v) is 2.39. The molecule has 0 amide bonds. The van der Waals surface area contributed by atoms with Crippen molar-refractivity contribution in [2.45, 2.75) is 39.7 Å². The fraction of sp³-hybridized carbons (Fsp3) is 0.647. The summed E-state index contributed by atoms with van der Waals surface area (Å²) in [6.45, 7) is 8.22. The average Bonchev–Trinajstić information content (AvgIpc) is 3.32. The van der Waals surface area contributed by atoms with Gasteiger partial charge in [-0.05, 0) is 50.7 Å². The maximum atomic E-state index is 5.49. The third-order valence-corrected chi connectivity index (χ3v) is 4.04. The number of nitrogens with zero attached hydrogens (tertiary/aromatic N) is 2. The first kappa shape index (κ1) is 16.7. The molecule has 1 aromatic heterocycles. The van der Waals surface area contributed by atoms with E-state index in [9.17, 15) is 0 Å². The van der Waals surface area contributed by atoms with Gasteiger partial charge in [0.15, 0.2) is 5.96 Å². The Balaban J connectivity index is 1.81. The van der Waals surface area contributed by atoms with Crippen molar-refractivity contribution in [3.05, 3.63) is 30.1 Å². The molecule has 22 heavy (non-hydrogen) atoms. The van der Waals surface area contributed by atoms with Crippen LogP contribution in [-0.4, -0.2) is 37.2 Å². The first-order valence-corrected chi connectivity index (χ1v) is 8.28. The highest BCUT2D eigenvalue weighted by Crippen LogP contribution is 2.48. The minimum atomic E-state index is 0.413. The van der Waals surface area contributed by atoms with E-state index in [1.165, 1.54) is 12.8 Å². The van der Waals surface area contributed by atoms with Crippen molar-refractivity contribution in [1.29, 1.82) is 0 Å². The highest BCUT2D eigenvalue weighted by Gasteiger charge is 2.41. The summed E-state index contributed by atoms with van der Waals surface area (Å²) in [6, 6.07) is 5.91. The Hall–Kier alpha value is -1.62. The molecule has 1 saturated carbocycles. The minimum Gasteiger partial charge on any atom is -0.382 e. The van der Waals surface area contributed by atoms with E-state index < -0.39 is 0 Å². The van der Waals surface area contributed by atoms with E-state index in [0.29, 0.717) is 12.0 Å². The van der Waals surface area contributed by atoms with Gasteiger partial charge in [-0.2, -0.15) is 0 Å². The van der Waals surface area contributed by atoms with Gasteiger partial charge in [0.25, 0.3) is 0 Å². The predicted octanol–water partition coefficient (Wildman–Crippen LogP) is 2.34. The molecule has 2 N–H and O–H groups in total. The van der Waals surface area contributed by atoms with Crippen LogP contribution < -0.4 is 10.6 Å². The van der Waals surface area contributed by atoms with Crippen molar-refractivity contribution in [2.75, 3.05) is 26.3 Å². The fourth-order valence-electron chi connectivity index (χ4n) is 2.39. The van der Waals surface area contributed by atoms with Gasteiger partial charge in [-0.1, -0.05) is 6.07 Å². The molecule has 0 bridgehead atoms. The molecule has 1 aliphatic carbocycles. The molecular formula is C17H28N4O. The molecule has 0 unspecified atom stereocenters. The molecule has 122 valence electrons. The highest BCUT2D eigenvalue weighted by molar-refractivity contribution is 5.79. The summed E-state index contributed by atoms with van der Waals surface area (Å²) in [7, 11) is 0. The molecule has 0 aromatic carbocycles. The topological polar surface area (TPSA) is 58.5 Å². The lowest BCUT2D eigenvalue weighted by molar-refractivity contribution is 0.128. The summed E-state index contributed by atoms with van der Waals surface area (Å²) in [4.78, 5) is 8.91. The zero-order valence-corrected chi connectivity index (χ0v) is 13.8. The highest BCUT2D eigenvalue weighted by atomic mass is 16.5. The van der Waals surface area contributed by atoms with Crippen LogP contribution in [0.3, 0.4) is 0 Å². The van der Waals surface area contributed by atoms with Crippen LogP contribution in [0.1, 0.15) is 38.8 Å². The van der Waals surface area contributed by atoms with Gasteiger partial charge in [0.1, 0.15) is 0 Å². The molecule has 5 nitrogen and oxygen atoms in total. The van der Waals surface area contributed by atoms with Crippen molar-refractivity contribution in [3.63, 3.8) is 0 Å². The number of nitrogens with one attached hydrogen (secondary N) is 2. The van der Waals surface area contributed by atoms with Gasteiger partial charge in [-0.15, -0.1) is 0 Å². The summed E-state index contributed by atoms with van der Waals surface area (Å²) in [5, 5.41) is 6.78. The van der Waals surface area contributed by atoms with Crippen LogP contribution in [0.2, 0.25) is 0 Å². The van der Waals surface area contributed by atoms with Gasteiger partial charge in [0, 0.05) is 32.5 Å². The molecule has 0 saturated heterocycles. The lowest BCUT2D eigenvalue weighted by atomic mass is 10.0. The number of aliphatic imine (C=N–C) groups is 1. The molecule has 5 heteroatoms. The number of hydrogen-bond acceptors (Lipinski definition) is 3. The SMILES string of the molecule is CCNC(=NCc1ccccn1)NCC1(CCOCC)CC1. The normalized spacial score (nSPS) is 16.4. The van der Waals surface area contributed by atoms with Crippen LogP contribution >= 0.6 is 0 Å². The summed E-state index contributed by atoms with van der Waals surface area (Å²) < 4.78 is 5.49. The molecule has 1 heterocycles. The van der Waals surface area contributed by atoms with Crippen LogP contribution in [0.25, 0.3) is 0 Å². The van der Waals surface area contributed by atoms with Crippen LogP contribution in [0.5, 0.6) is 0 Å². The van der Waals surface area contributed by atoms with Gasteiger partial charge in [0.05, 0.1) is 12.2 Å². The Morgan fingerprint density at radius 1 is 1.32 bits per heavy atom. The van der Waals surface area contributed by atoms with Crippen molar-refractivity contribution in [1.82, 2.24) is 15.6 Å². The van der Waals surface area contributed by atoms with E-state index in [0.717, 1.165) is 44.4 Å². The van der Waals surface area contributed by atoms with E-state index in [4.69, 9.17) is 4.74 Å². The van der Waals surface area contributed by atoms with Gasteiger partial charge in [-0.3, -0.25) is 4.98 Å². The molecule has 2 rings (SSSR count). The third kappa shape index (κ3) is 5.64.